The number of halogens is 2. The summed E-state index contributed by atoms with van der Waals surface area (Å²) in [6.07, 6.45) is 4.07. The topological polar surface area (TPSA) is 61.8 Å². The molecule has 0 aliphatic rings. The van der Waals surface area contributed by atoms with Gasteiger partial charge in [-0.3, -0.25) is 9.59 Å². The van der Waals surface area contributed by atoms with Crippen LogP contribution in [0.5, 0.6) is 0 Å². The van der Waals surface area contributed by atoms with E-state index in [1.807, 2.05) is 13.0 Å². The minimum atomic E-state index is -0.332. The standard InChI is InChI=1S/C20H19Cl2N3O2/c1-2-4-19(16-7-9-17(21)10-8-16)24-25(14-26)13-20(27)23-12-15-5-3-6-18(22)11-15/h2-11,14H,12-13H2,1H3,(H,23,27)/b4-2-,24-19+. The lowest BCUT2D eigenvalue weighted by Gasteiger charge is -2.13. The summed E-state index contributed by atoms with van der Waals surface area (Å²) in [6, 6.07) is 14.2. The van der Waals surface area contributed by atoms with Crippen molar-refractivity contribution in [2.75, 3.05) is 6.54 Å². The summed E-state index contributed by atoms with van der Waals surface area (Å²) in [5.41, 5.74) is 2.19. The zero-order valence-electron chi connectivity index (χ0n) is 14.7. The second-order valence-electron chi connectivity index (χ2n) is 5.60. The molecule has 0 aromatic heterocycles. The first kappa shape index (κ1) is 20.7. The quantitative estimate of drug-likeness (QED) is 0.410. The molecule has 0 unspecified atom stereocenters. The van der Waals surface area contributed by atoms with Crippen LogP contribution in [0, 0.1) is 0 Å². The van der Waals surface area contributed by atoms with Crippen LogP contribution in [0.2, 0.25) is 10.0 Å². The van der Waals surface area contributed by atoms with Crippen molar-refractivity contribution in [3.05, 3.63) is 81.9 Å². The molecule has 1 N–H and O–H groups in total. The maximum atomic E-state index is 12.1. The van der Waals surface area contributed by atoms with Crippen LogP contribution in [-0.4, -0.2) is 29.6 Å². The predicted molar refractivity (Wildman–Crippen MR) is 109 cm³/mol. The summed E-state index contributed by atoms with van der Waals surface area (Å²) >= 11 is 11.8. The van der Waals surface area contributed by atoms with Gasteiger partial charge in [-0.05, 0) is 42.8 Å². The number of nitrogens with one attached hydrogen (secondary N) is 1. The zero-order valence-corrected chi connectivity index (χ0v) is 16.2. The highest BCUT2D eigenvalue weighted by Crippen LogP contribution is 2.12. The SMILES string of the molecule is C/C=C\C(=N/N(C=O)CC(=O)NCc1cccc(Cl)c1)c1ccc(Cl)cc1. The van der Waals surface area contributed by atoms with Gasteiger partial charge in [0.15, 0.2) is 0 Å². The molecule has 2 amide bonds. The van der Waals surface area contributed by atoms with E-state index in [4.69, 9.17) is 23.2 Å². The molecule has 2 aromatic carbocycles. The number of hydrogen-bond donors (Lipinski definition) is 1. The summed E-state index contributed by atoms with van der Waals surface area (Å²) in [5, 5.41) is 9.26. The Bertz CT molecular complexity index is 849. The highest BCUT2D eigenvalue weighted by Gasteiger charge is 2.10. The third-order valence-electron chi connectivity index (χ3n) is 3.51. The lowest BCUT2D eigenvalue weighted by atomic mass is 10.1. The number of nitrogens with zero attached hydrogens (tertiary/aromatic N) is 2. The molecule has 0 saturated carbocycles. The first-order valence-electron chi connectivity index (χ1n) is 8.22. The van der Waals surface area contributed by atoms with Crippen LogP contribution in [-0.2, 0) is 16.1 Å². The molecule has 0 aliphatic heterocycles. The second-order valence-corrected chi connectivity index (χ2v) is 6.47. The minimum Gasteiger partial charge on any atom is -0.350 e. The van der Waals surface area contributed by atoms with Gasteiger partial charge in [0.1, 0.15) is 6.54 Å². The second kappa shape index (κ2) is 10.5. The number of amides is 2. The highest BCUT2D eigenvalue weighted by atomic mass is 35.5. The van der Waals surface area contributed by atoms with Gasteiger partial charge in [0, 0.05) is 22.2 Å². The van der Waals surface area contributed by atoms with Crippen LogP contribution >= 0.6 is 23.2 Å². The molecular weight excluding hydrogens is 385 g/mol. The molecule has 0 atom stereocenters. The summed E-state index contributed by atoms with van der Waals surface area (Å²) in [4.78, 5) is 23.5. The van der Waals surface area contributed by atoms with Crippen LogP contribution in [0.3, 0.4) is 0 Å². The van der Waals surface area contributed by atoms with Gasteiger partial charge < -0.3 is 5.32 Å². The molecule has 0 bridgehead atoms. The minimum absolute atomic E-state index is 0.196. The van der Waals surface area contributed by atoms with Crippen molar-refractivity contribution in [1.29, 1.82) is 0 Å². The van der Waals surface area contributed by atoms with E-state index in [1.165, 1.54) is 0 Å². The van der Waals surface area contributed by atoms with Gasteiger partial charge in [0.05, 0.1) is 5.71 Å². The van der Waals surface area contributed by atoms with Crippen molar-refractivity contribution >= 4 is 41.2 Å². The van der Waals surface area contributed by atoms with E-state index in [0.29, 0.717) is 28.7 Å². The lowest BCUT2D eigenvalue weighted by Crippen LogP contribution is -2.34. The van der Waals surface area contributed by atoms with Crippen molar-refractivity contribution in [3.63, 3.8) is 0 Å². The van der Waals surface area contributed by atoms with Gasteiger partial charge in [0.25, 0.3) is 0 Å². The molecule has 5 nitrogen and oxygen atoms in total. The zero-order chi connectivity index (χ0) is 19.6. The summed E-state index contributed by atoms with van der Waals surface area (Å²) in [7, 11) is 0. The fraction of sp³-hybridized carbons (Fsp3) is 0.150. The third-order valence-corrected chi connectivity index (χ3v) is 3.99. The Morgan fingerprint density at radius 1 is 1.15 bits per heavy atom. The molecule has 7 heteroatoms. The predicted octanol–water partition coefficient (Wildman–Crippen LogP) is 4.05. The maximum absolute atomic E-state index is 12.1. The fourth-order valence-corrected chi connectivity index (χ4v) is 2.59. The van der Waals surface area contributed by atoms with Crippen molar-refractivity contribution in [1.82, 2.24) is 10.3 Å². The Kier molecular flexibility index (Phi) is 8.04. The number of carbonyl (C=O) groups is 2. The highest BCUT2D eigenvalue weighted by molar-refractivity contribution is 6.31. The largest absolute Gasteiger partial charge is 0.350 e. The number of hydrogen-bond acceptors (Lipinski definition) is 3. The number of carbonyl (C=O) groups excluding carboxylic acids is 2. The number of hydrazone groups is 1. The number of allylic oxidation sites excluding steroid dienone is 2. The van der Waals surface area contributed by atoms with E-state index in [-0.39, 0.29) is 12.5 Å². The van der Waals surface area contributed by atoms with E-state index in [1.54, 1.807) is 54.6 Å². The van der Waals surface area contributed by atoms with E-state index < -0.39 is 0 Å². The van der Waals surface area contributed by atoms with Crippen LogP contribution in [0.15, 0.2) is 65.8 Å². The van der Waals surface area contributed by atoms with Crippen LogP contribution < -0.4 is 5.32 Å². The Morgan fingerprint density at radius 2 is 1.89 bits per heavy atom. The smallest absolute Gasteiger partial charge is 0.242 e. The van der Waals surface area contributed by atoms with Gasteiger partial charge in [0.2, 0.25) is 12.3 Å². The molecule has 27 heavy (non-hydrogen) atoms. The van der Waals surface area contributed by atoms with Crippen LogP contribution in [0.1, 0.15) is 18.1 Å². The van der Waals surface area contributed by atoms with E-state index in [0.717, 1.165) is 16.1 Å². The van der Waals surface area contributed by atoms with Gasteiger partial charge in [-0.25, -0.2) is 5.01 Å². The molecular formula is C20H19Cl2N3O2. The third kappa shape index (κ3) is 6.89. The molecule has 2 rings (SSSR count). The lowest BCUT2D eigenvalue weighted by molar-refractivity contribution is -0.128. The fourth-order valence-electron chi connectivity index (χ4n) is 2.25. The van der Waals surface area contributed by atoms with Gasteiger partial charge in [-0.2, -0.15) is 5.10 Å². The Morgan fingerprint density at radius 3 is 2.52 bits per heavy atom. The molecule has 0 heterocycles. The molecule has 0 radical (unpaired) electrons. The van der Waals surface area contributed by atoms with Crippen LogP contribution in [0.25, 0.3) is 0 Å². The summed E-state index contributed by atoms with van der Waals surface area (Å²) in [5.74, 6) is -0.332. The summed E-state index contributed by atoms with van der Waals surface area (Å²) < 4.78 is 0. The molecule has 140 valence electrons. The maximum Gasteiger partial charge on any atom is 0.242 e. The first-order chi connectivity index (χ1) is 13.0. The molecule has 0 spiro atoms. The molecule has 2 aromatic rings. The van der Waals surface area contributed by atoms with Crippen LogP contribution in [0.4, 0.5) is 0 Å². The summed E-state index contributed by atoms with van der Waals surface area (Å²) in [6.45, 7) is 1.96. The number of rotatable bonds is 8. The Labute approximate surface area is 168 Å². The molecule has 0 aliphatic carbocycles. The number of benzene rings is 2. The average Bonchev–Trinajstić information content (AvgIpc) is 2.66. The van der Waals surface area contributed by atoms with Crippen molar-refractivity contribution in [2.45, 2.75) is 13.5 Å². The normalized spacial score (nSPS) is 11.4. The first-order valence-corrected chi connectivity index (χ1v) is 8.97. The Hall–Kier alpha value is -2.63. The van der Waals surface area contributed by atoms with Gasteiger partial charge in [-0.15, -0.1) is 0 Å². The van der Waals surface area contributed by atoms with Crippen molar-refractivity contribution in [3.8, 4) is 0 Å². The molecule has 0 saturated heterocycles. The van der Waals surface area contributed by atoms with Gasteiger partial charge in [-0.1, -0.05) is 53.5 Å². The molecule has 0 fully saturated rings. The van der Waals surface area contributed by atoms with Crippen molar-refractivity contribution < 1.29 is 9.59 Å². The van der Waals surface area contributed by atoms with Gasteiger partial charge >= 0.3 is 0 Å². The van der Waals surface area contributed by atoms with E-state index in [2.05, 4.69) is 10.4 Å². The average molecular weight is 404 g/mol. The monoisotopic (exact) mass is 403 g/mol. The Balaban J connectivity index is 2.05. The van der Waals surface area contributed by atoms with E-state index in [9.17, 15) is 9.59 Å². The van der Waals surface area contributed by atoms with E-state index >= 15 is 0 Å². The van der Waals surface area contributed by atoms with Crippen molar-refractivity contribution in [2.24, 2.45) is 5.10 Å².